The monoisotopic (exact) mass is 389 g/mol. The molecule has 1 aliphatic carbocycles. The van der Waals surface area contributed by atoms with Gasteiger partial charge in [-0.15, -0.1) is 11.8 Å². The van der Waals surface area contributed by atoms with Gasteiger partial charge in [0.05, 0.1) is 5.75 Å². The van der Waals surface area contributed by atoms with Crippen molar-refractivity contribution in [2.75, 3.05) is 12.4 Å². The summed E-state index contributed by atoms with van der Waals surface area (Å²) in [5.74, 6) is -0.555. The summed E-state index contributed by atoms with van der Waals surface area (Å²) in [6.45, 7) is 0.0218. The van der Waals surface area contributed by atoms with Crippen molar-refractivity contribution < 1.29 is 14.3 Å². The normalized spacial score (nSPS) is 12.5. The number of aryl methyl sites for hydroxylation is 2. The number of amides is 1. The molecule has 0 spiro atoms. The Morgan fingerprint density at radius 1 is 1.12 bits per heavy atom. The van der Waals surface area contributed by atoms with Gasteiger partial charge in [0.15, 0.2) is 6.61 Å². The third-order valence-electron chi connectivity index (χ3n) is 4.22. The summed E-state index contributed by atoms with van der Waals surface area (Å²) < 4.78 is 5.03. The van der Waals surface area contributed by atoms with Crippen molar-refractivity contribution in [3.05, 3.63) is 64.2 Å². The van der Waals surface area contributed by atoms with Gasteiger partial charge in [-0.25, -0.2) is 0 Å². The van der Waals surface area contributed by atoms with E-state index in [9.17, 15) is 9.59 Å². The first-order valence-electron chi connectivity index (χ1n) is 8.52. The summed E-state index contributed by atoms with van der Waals surface area (Å²) >= 11 is 7.47. The van der Waals surface area contributed by atoms with Crippen LogP contribution >= 0.6 is 23.4 Å². The summed E-state index contributed by atoms with van der Waals surface area (Å²) in [5.41, 5.74) is 3.61. The summed E-state index contributed by atoms with van der Waals surface area (Å²) in [4.78, 5) is 24.7. The van der Waals surface area contributed by atoms with Crippen LogP contribution < -0.4 is 5.32 Å². The molecular weight excluding hydrogens is 370 g/mol. The zero-order valence-corrected chi connectivity index (χ0v) is 15.9. The highest BCUT2D eigenvalue weighted by molar-refractivity contribution is 8.00. The molecule has 2 aromatic rings. The highest BCUT2D eigenvalue weighted by Crippen LogP contribution is 2.27. The number of esters is 1. The molecule has 136 valence electrons. The van der Waals surface area contributed by atoms with Gasteiger partial charge in [0.1, 0.15) is 0 Å². The fourth-order valence-electron chi connectivity index (χ4n) is 2.85. The lowest BCUT2D eigenvalue weighted by Gasteiger charge is -2.08. The fraction of sp³-hybridized carbons (Fsp3) is 0.300. The largest absolute Gasteiger partial charge is 0.455 e. The lowest BCUT2D eigenvalue weighted by atomic mass is 10.1. The minimum absolute atomic E-state index is 0.191. The first kappa shape index (κ1) is 18.8. The molecule has 2 aromatic carbocycles. The molecule has 0 heterocycles. The number of rotatable bonds is 7. The Morgan fingerprint density at radius 2 is 1.92 bits per heavy atom. The van der Waals surface area contributed by atoms with Crippen LogP contribution in [0.15, 0.2) is 47.4 Å². The van der Waals surface area contributed by atoms with Crippen molar-refractivity contribution in [3.8, 4) is 0 Å². The van der Waals surface area contributed by atoms with E-state index in [0.29, 0.717) is 11.6 Å². The summed E-state index contributed by atoms with van der Waals surface area (Å²) in [7, 11) is 0. The maximum absolute atomic E-state index is 11.8. The maximum Gasteiger partial charge on any atom is 0.316 e. The molecule has 0 aromatic heterocycles. The zero-order valence-electron chi connectivity index (χ0n) is 14.3. The second-order valence-electron chi connectivity index (χ2n) is 6.10. The van der Waals surface area contributed by atoms with Crippen LogP contribution in [0.5, 0.6) is 0 Å². The molecule has 0 saturated heterocycles. The highest BCUT2D eigenvalue weighted by Gasteiger charge is 2.13. The molecular formula is C20H20ClNO3S. The Kier molecular flexibility index (Phi) is 6.58. The second kappa shape index (κ2) is 9.10. The number of hydrogen-bond donors (Lipinski definition) is 1. The number of thioether (sulfide) groups is 1. The van der Waals surface area contributed by atoms with Gasteiger partial charge < -0.3 is 10.1 Å². The van der Waals surface area contributed by atoms with Crippen molar-refractivity contribution in [1.29, 1.82) is 0 Å². The van der Waals surface area contributed by atoms with Crippen molar-refractivity contribution in [1.82, 2.24) is 5.32 Å². The number of nitrogens with one attached hydrogen (secondary N) is 1. The molecule has 0 fully saturated rings. The molecule has 3 rings (SSSR count). The van der Waals surface area contributed by atoms with Gasteiger partial charge in [0, 0.05) is 16.5 Å². The van der Waals surface area contributed by atoms with E-state index in [4.69, 9.17) is 16.3 Å². The Bertz CT molecular complexity index is 809. The number of ether oxygens (including phenoxy) is 1. The number of hydrogen-bond acceptors (Lipinski definition) is 4. The Morgan fingerprint density at radius 3 is 2.77 bits per heavy atom. The average molecular weight is 390 g/mol. The van der Waals surface area contributed by atoms with Crippen molar-refractivity contribution >= 4 is 35.2 Å². The van der Waals surface area contributed by atoms with Crippen LogP contribution in [-0.4, -0.2) is 24.2 Å². The van der Waals surface area contributed by atoms with Gasteiger partial charge in [0.25, 0.3) is 5.91 Å². The average Bonchev–Trinajstić information content (AvgIpc) is 3.12. The van der Waals surface area contributed by atoms with Crippen LogP contribution in [0.25, 0.3) is 0 Å². The van der Waals surface area contributed by atoms with E-state index in [1.54, 1.807) is 6.07 Å². The Balaban J connectivity index is 1.37. The Hall–Kier alpha value is -1.98. The third kappa shape index (κ3) is 5.26. The molecule has 1 aliphatic rings. The zero-order chi connectivity index (χ0) is 18.4. The van der Waals surface area contributed by atoms with Crippen molar-refractivity contribution in [2.24, 2.45) is 0 Å². The van der Waals surface area contributed by atoms with Crippen LogP contribution in [0.2, 0.25) is 5.02 Å². The summed E-state index contributed by atoms with van der Waals surface area (Å²) in [5, 5.41) is 3.28. The lowest BCUT2D eigenvalue weighted by Crippen LogP contribution is -2.28. The van der Waals surface area contributed by atoms with E-state index in [-0.39, 0.29) is 18.3 Å². The molecule has 0 bridgehead atoms. The van der Waals surface area contributed by atoms with Gasteiger partial charge in [-0.05, 0) is 54.2 Å². The molecule has 0 aliphatic heterocycles. The minimum Gasteiger partial charge on any atom is -0.455 e. The van der Waals surface area contributed by atoms with Gasteiger partial charge in [-0.3, -0.25) is 9.59 Å². The van der Waals surface area contributed by atoms with Crippen molar-refractivity contribution in [3.63, 3.8) is 0 Å². The molecule has 26 heavy (non-hydrogen) atoms. The van der Waals surface area contributed by atoms with E-state index in [1.807, 2.05) is 24.3 Å². The van der Waals surface area contributed by atoms with E-state index in [0.717, 1.165) is 23.3 Å². The number of fused-ring (bicyclic) bond motifs is 1. The van der Waals surface area contributed by atoms with E-state index in [1.165, 1.54) is 29.3 Å². The van der Waals surface area contributed by atoms with Crippen LogP contribution in [0, 0.1) is 0 Å². The molecule has 0 atom stereocenters. The molecule has 1 N–H and O–H groups in total. The van der Waals surface area contributed by atoms with Crippen LogP contribution in [0.3, 0.4) is 0 Å². The predicted octanol–water partition coefficient (Wildman–Crippen LogP) is 3.78. The molecule has 6 heteroatoms. The summed E-state index contributed by atoms with van der Waals surface area (Å²) in [6, 6.07) is 13.6. The quantitative estimate of drug-likeness (QED) is 0.578. The van der Waals surface area contributed by atoms with E-state index in [2.05, 4.69) is 17.4 Å². The smallest absolute Gasteiger partial charge is 0.316 e. The maximum atomic E-state index is 11.8. The Labute approximate surface area is 162 Å². The standard InChI is InChI=1S/C20H20ClNO3S/c21-18-7-2-1-4-16(18)11-22-19(23)12-25-20(24)13-26-17-9-8-14-5-3-6-15(14)10-17/h1-2,4,7-10H,3,5-6,11-13H2,(H,22,23). The highest BCUT2D eigenvalue weighted by atomic mass is 35.5. The van der Waals surface area contributed by atoms with Crippen molar-refractivity contribution in [2.45, 2.75) is 30.7 Å². The van der Waals surface area contributed by atoms with E-state index >= 15 is 0 Å². The van der Waals surface area contributed by atoms with Gasteiger partial charge in [-0.1, -0.05) is 35.9 Å². The second-order valence-corrected chi connectivity index (χ2v) is 7.56. The summed E-state index contributed by atoms with van der Waals surface area (Å²) in [6.07, 6.45) is 3.46. The number of carbonyl (C=O) groups is 2. The van der Waals surface area contributed by atoms with E-state index < -0.39 is 5.97 Å². The molecule has 0 unspecified atom stereocenters. The van der Waals surface area contributed by atoms with Gasteiger partial charge in [0.2, 0.25) is 0 Å². The third-order valence-corrected chi connectivity index (χ3v) is 5.56. The molecule has 4 nitrogen and oxygen atoms in total. The minimum atomic E-state index is -0.400. The van der Waals surface area contributed by atoms with Crippen LogP contribution in [0.1, 0.15) is 23.1 Å². The molecule has 0 saturated carbocycles. The predicted molar refractivity (Wildman–Crippen MR) is 103 cm³/mol. The van der Waals surface area contributed by atoms with Gasteiger partial charge in [-0.2, -0.15) is 0 Å². The number of carbonyl (C=O) groups excluding carboxylic acids is 2. The van der Waals surface area contributed by atoms with Crippen LogP contribution in [0.4, 0.5) is 0 Å². The van der Waals surface area contributed by atoms with Gasteiger partial charge >= 0.3 is 5.97 Å². The molecule has 1 amide bonds. The first-order valence-corrected chi connectivity index (χ1v) is 9.88. The first-order chi connectivity index (χ1) is 12.6. The molecule has 0 radical (unpaired) electrons. The topological polar surface area (TPSA) is 55.4 Å². The SMILES string of the molecule is O=C(COC(=O)CSc1ccc2c(c1)CCC2)NCc1ccccc1Cl. The fourth-order valence-corrected chi connectivity index (χ4v) is 3.81. The number of benzene rings is 2. The van der Waals surface area contributed by atoms with Crippen LogP contribution in [-0.2, 0) is 33.7 Å². The number of halogens is 1. The lowest BCUT2D eigenvalue weighted by molar-refractivity contribution is -0.145.